The van der Waals surface area contributed by atoms with E-state index in [2.05, 4.69) is 0 Å². The first-order chi connectivity index (χ1) is 13.9. The number of carbonyl (C=O) groups is 2. The Morgan fingerprint density at radius 3 is 2.52 bits per heavy atom. The van der Waals surface area contributed by atoms with Crippen LogP contribution >= 0.6 is 0 Å². The highest BCUT2D eigenvalue weighted by atomic mass is 16.5. The van der Waals surface area contributed by atoms with Crippen LogP contribution in [0.4, 0.5) is 5.69 Å². The van der Waals surface area contributed by atoms with Crippen molar-refractivity contribution in [2.45, 2.75) is 25.5 Å². The molecule has 1 saturated heterocycles. The molecule has 0 radical (unpaired) electrons. The molecule has 1 aliphatic rings. The van der Waals surface area contributed by atoms with Gasteiger partial charge in [0, 0.05) is 11.8 Å². The van der Waals surface area contributed by atoms with Gasteiger partial charge in [-0.1, -0.05) is 13.0 Å². The Balaban J connectivity index is 2.16. The number of methoxy groups -OCH3 is 2. The first-order valence-corrected chi connectivity index (χ1v) is 9.11. The van der Waals surface area contributed by atoms with Crippen molar-refractivity contribution in [3.63, 3.8) is 0 Å². The average molecular weight is 401 g/mol. The summed E-state index contributed by atoms with van der Waals surface area (Å²) in [6.45, 7) is 1.52. The minimum Gasteiger partial charge on any atom is -0.508 e. The fourth-order valence-electron chi connectivity index (χ4n) is 3.49. The van der Waals surface area contributed by atoms with Crippen molar-refractivity contribution in [1.29, 1.82) is 0 Å². The van der Waals surface area contributed by atoms with E-state index in [0.717, 1.165) is 0 Å². The summed E-state index contributed by atoms with van der Waals surface area (Å²) >= 11 is 0. The molecule has 0 aliphatic carbocycles. The summed E-state index contributed by atoms with van der Waals surface area (Å²) in [5.41, 5.74) is 1.66. The molecule has 29 heavy (non-hydrogen) atoms. The van der Waals surface area contributed by atoms with E-state index in [-0.39, 0.29) is 18.3 Å². The summed E-state index contributed by atoms with van der Waals surface area (Å²) in [4.78, 5) is 26.1. The zero-order chi connectivity index (χ0) is 21.1. The molecule has 1 aliphatic heterocycles. The maximum atomic E-state index is 12.8. The van der Waals surface area contributed by atoms with E-state index in [1.54, 1.807) is 30.3 Å². The Bertz CT molecular complexity index is 927. The van der Waals surface area contributed by atoms with E-state index >= 15 is 0 Å². The summed E-state index contributed by atoms with van der Waals surface area (Å²) < 4.78 is 15.9. The van der Waals surface area contributed by atoms with Gasteiger partial charge in [0.2, 0.25) is 0 Å². The molecular formula is C21H23NO7. The molecule has 0 aromatic heterocycles. The molecule has 2 aromatic rings. The van der Waals surface area contributed by atoms with Crippen LogP contribution in [0.3, 0.4) is 0 Å². The molecule has 2 atom stereocenters. The normalized spacial score (nSPS) is 19.1. The lowest BCUT2D eigenvalue weighted by atomic mass is 9.94. The molecular weight excluding hydrogens is 378 g/mol. The van der Waals surface area contributed by atoms with Crippen molar-refractivity contribution in [2.75, 3.05) is 25.7 Å². The number of phenolic OH excluding ortho intramolecular Hbond substituents is 1. The van der Waals surface area contributed by atoms with Gasteiger partial charge in [0.1, 0.15) is 12.4 Å². The molecule has 0 bridgehead atoms. The van der Waals surface area contributed by atoms with Crippen LogP contribution in [-0.2, 0) is 20.7 Å². The van der Waals surface area contributed by atoms with Gasteiger partial charge in [0.25, 0.3) is 5.91 Å². The van der Waals surface area contributed by atoms with Crippen LogP contribution < -0.4 is 14.4 Å². The molecule has 1 heterocycles. The first kappa shape index (κ1) is 20.5. The number of benzene rings is 2. The molecule has 8 heteroatoms. The van der Waals surface area contributed by atoms with Crippen LogP contribution in [0.5, 0.6) is 17.2 Å². The maximum absolute atomic E-state index is 12.8. The quantitative estimate of drug-likeness (QED) is 0.766. The third-order valence-corrected chi connectivity index (χ3v) is 4.93. The van der Waals surface area contributed by atoms with E-state index in [1.165, 1.54) is 25.2 Å². The van der Waals surface area contributed by atoms with E-state index in [1.807, 2.05) is 6.92 Å². The Hall–Kier alpha value is -3.26. The molecule has 2 N–H and O–H groups in total. The highest BCUT2D eigenvalue weighted by molar-refractivity contribution is 5.98. The number of carbonyl (C=O) groups excluding carboxylic acids is 1. The van der Waals surface area contributed by atoms with Gasteiger partial charge < -0.3 is 24.4 Å². The summed E-state index contributed by atoms with van der Waals surface area (Å²) in [6, 6.07) is 8.82. The number of aromatic hydroxyl groups is 1. The van der Waals surface area contributed by atoms with Gasteiger partial charge in [-0.3, -0.25) is 9.69 Å². The lowest BCUT2D eigenvalue weighted by Crippen LogP contribution is -2.52. The number of phenols is 1. The largest absolute Gasteiger partial charge is 0.508 e. The van der Waals surface area contributed by atoms with E-state index < -0.39 is 18.1 Å². The molecule has 0 saturated carbocycles. The number of amides is 1. The Morgan fingerprint density at radius 2 is 1.90 bits per heavy atom. The highest BCUT2D eigenvalue weighted by Crippen LogP contribution is 2.39. The zero-order valence-corrected chi connectivity index (χ0v) is 16.4. The number of rotatable bonds is 6. The van der Waals surface area contributed by atoms with E-state index in [0.29, 0.717) is 34.7 Å². The predicted molar refractivity (Wildman–Crippen MR) is 105 cm³/mol. The average Bonchev–Trinajstić information content (AvgIpc) is 2.73. The third kappa shape index (κ3) is 3.84. The minimum atomic E-state index is -1.27. The van der Waals surface area contributed by atoms with Crippen molar-refractivity contribution >= 4 is 17.6 Å². The van der Waals surface area contributed by atoms with Gasteiger partial charge in [-0.25, -0.2) is 4.79 Å². The standard InChI is InChI=1S/C21H23NO7/c1-4-12-9-13(5-7-15(12)23)19-20(21(25)26)29-11-18(24)22(19)14-6-8-16(27-2)17(10-14)28-3/h5-10,19-20,23H,4,11H2,1-3H3,(H,25,26)/t19-,20+/m1/s1. The molecule has 0 unspecified atom stereocenters. The molecule has 8 nitrogen and oxygen atoms in total. The minimum absolute atomic E-state index is 0.115. The molecule has 3 rings (SSSR count). The second-order valence-corrected chi connectivity index (χ2v) is 6.56. The van der Waals surface area contributed by atoms with Crippen molar-refractivity contribution in [1.82, 2.24) is 0 Å². The molecule has 2 aromatic carbocycles. The molecule has 1 amide bonds. The smallest absolute Gasteiger partial charge is 0.335 e. The number of carboxylic acid groups (broad SMARTS) is 1. The van der Waals surface area contributed by atoms with Gasteiger partial charge in [0.15, 0.2) is 17.6 Å². The number of hydrogen-bond acceptors (Lipinski definition) is 6. The lowest BCUT2D eigenvalue weighted by molar-refractivity contribution is -0.157. The van der Waals surface area contributed by atoms with Gasteiger partial charge in [-0.05, 0) is 41.8 Å². The monoisotopic (exact) mass is 401 g/mol. The number of carboxylic acids is 1. The van der Waals surface area contributed by atoms with Crippen molar-refractivity contribution in [3.05, 3.63) is 47.5 Å². The summed E-state index contributed by atoms with van der Waals surface area (Å²) in [7, 11) is 2.98. The van der Waals surface area contributed by atoms with Crippen LogP contribution in [0, 0.1) is 0 Å². The second kappa shape index (κ2) is 8.40. The molecule has 154 valence electrons. The second-order valence-electron chi connectivity index (χ2n) is 6.56. The Labute approximate surface area is 168 Å². The van der Waals surface area contributed by atoms with Crippen LogP contribution in [0.15, 0.2) is 36.4 Å². The summed E-state index contributed by atoms with van der Waals surface area (Å²) in [5, 5.41) is 19.7. The van der Waals surface area contributed by atoms with E-state index in [9.17, 15) is 19.8 Å². The zero-order valence-electron chi connectivity index (χ0n) is 16.4. The van der Waals surface area contributed by atoms with Crippen molar-refractivity contribution < 1.29 is 34.0 Å². The molecule has 0 spiro atoms. The lowest BCUT2D eigenvalue weighted by Gasteiger charge is -2.39. The summed E-state index contributed by atoms with van der Waals surface area (Å²) in [5.74, 6) is -0.551. The van der Waals surface area contributed by atoms with E-state index in [4.69, 9.17) is 14.2 Å². The summed E-state index contributed by atoms with van der Waals surface area (Å²) in [6.07, 6.45) is -0.718. The van der Waals surface area contributed by atoms with Crippen molar-refractivity contribution in [2.24, 2.45) is 0 Å². The Kier molecular flexibility index (Phi) is 5.93. The predicted octanol–water partition coefficient (Wildman–Crippen LogP) is 2.53. The van der Waals surface area contributed by atoms with Gasteiger partial charge in [-0.2, -0.15) is 0 Å². The fraction of sp³-hybridized carbons (Fsp3) is 0.333. The fourth-order valence-corrected chi connectivity index (χ4v) is 3.49. The Morgan fingerprint density at radius 1 is 1.17 bits per heavy atom. The SMILES string of the molecule is CCc1cc([C@@H]2[C@@H](C(=O)O)OCC(=O)N2c2ccc(OC)c(OC)c2)ccc1O. The van der Waals surface area contributed by atoms with Crippen LogP contribution in [-0.4, -0.2) is 49.0 Å². The number of morpholine rings is 1. The number of hydrogen-bond donors (Lipinski definition) is 2. The number of anilines is 1. The maximum Gasteiger partial charge on any atom is 0.335 e. The van der Waals surface area contributed by atoms with Crippen molar-refractivity contribution in [3.8, 4) is 17.2 Å². The van der Waals surface area contributed by atoms with Gasteiger partial charge >= 0.3 is 5.97 Å². The number of aryl methyl sites for hydroxylation is 1. The van der Waals surface area contributed by atoms with Crippen LogP contribution in [0.25, 0.3) is 0 Å². The topological polar surface area (TPSA) is 106 Å². The number of ether oxygens (including phenoxy) is 3. The number of nitrogens with zero attached hydrogens (tertiary/aromatic N) is 1. The van der Waals surface area contributed by atoms with Gasteiger partial charge in [0.05, 0.1) is 20.3 Å². The highest BCUT2D eigenvalue weighted by Gasteiger charge is 2.43. The van der Waals surface area contributed by atoms with Crippen LogP contribution in [0.2, 0.25) is 0 Å². The first-order valence-electron chi connectivity index (χ1n) is 9.11. The van der Waals surface area contributed by atoms with Gasteiger partial charge in [-0.15, -0.1) is 0 Å². The van der Waals surface area contributed by atoms with Crippen LogP contribution in [0.1, 0.15) is 24.1 Å². The third-order valence-electron chi connectivity index (χ3n) is 4.93. The number of aliphatic carboxylic acids is 1. The molecule has 1 fully saturated rings.